The third-order valence-corrected chi connectivity index (χ3v) is 4.05. The van der Waals surface area contributed by atoms with Crippen LogP contribution in [0.2, 0.25) is 0 Å². The number of hydrogen-bond donors (Lipinski definition) is 4. The van der Waals surface area contributed by atoms with Crippen LogP contribution in [0.1, 0.15) is 23.7 Å². The molecule has 134 valence electrons. The molecule has 1 aromatic heterocycles. The van der Waals surface area contributed by atoms with Gasteiger partial charge in [0, 0.05) is 11.1 Å². The van der Waals surface area contributed by atoms with E-state index in [0.29, 0.717) is 17.5 Å². The number of anilines is 3. The van der Waals surface area contributed by atoms with E-state index in [0.717, 1.165) is 17.3 Å². The molecule has 1 unspecified atom stereocenters. The van der Waals surface area contributed by atoms with Gasteiger partial charge in [0.05, 0.1) is 23.7 Å². The van der Waals surface area contributed by atoms with Gasteiger partial charge in [-0.25, -0.2) is 9.78 Å². The molecule has 0 saturated heterocycles. The summed E-state index contributed by atoms with van der Waals surface area (Å²) in [6.45, 7) is 1.99. The van der Waals surface area contributed by atoms with Crippen LogP contribution in [-0.2, 0) is 0 Å². The summed E-state index contributed by atoms with van der Waals surface area (Å²) in [4.78, 5) is 20.0. The van der Waals surface area contributed by atoms with Gasteiger partial charge in [-0.05, 0) is 42.8 Å². The van der Waals surface area contributed by atoms with Crippen LogP contribution in [0.3, 0.4) is 0 Å². The standard InChI is InChI=1S/C19H20N4O3/c1-2-13(11-24)20-17-15-5-3-4-6-16(15)22-19(23-17)21-14-9-7-12(8-10-14)18(25)26/h3-10,13,24H,2,11H2,1H3,(H,25,26)(H2,20,21,22,23). The Kier molecular flexibility index (Phi) is 5.28. The molecule has 1 heterocycles. The zero-order valence-electron chi connectivity index (χ0n) is 14.3. The summed E-state index contributed by atoms with van der Waals surface area (Å²) in [5.41, 5.74) is 1.67. The van der Waals surface area contributed by atoms with Gasteiger partial charge in [-0.2, -0.15) is 4.98 Å². The topological polar surface area (TPSA) is 107 Å². The number of carbonyl (C=O) groups is 1. The number of aromatic nitrogens is 2. The molecule has 0 bridgehead atoms. The molecule has 4 N–H and O–H groups in total. The van der Waals surface area contributed by atoms with Crippen molar-refractivity contribution in [2.75, 3.05) is 17.2 Å². The lowest BCUT2D eigenvalue weighted by Crippen LogP contribution is -2.23. The molecule has 3 rings (SSSR count). The van der Waals surface area contributed by atoms with Gasteiger partial charge in [-0.3, -0.25) is 0 Å². The average molecular weight is 352 g/mol. The zero-order chi connectivity index (χ0) is 18.5. The number of nitrogens with one attached hydrogen (secondary N) is 2. The van der Waals surface area contributed by atoms with Crippen molar-refractivity contribution in [1.82, 2.24) is 9.97 Å². The van der Waals surface area contributed by atoms with Crippen LogP contribution in [0.4, 0.5) is 17.5 Å². The number of para-hydroxylation sites is 1. The van der Waals surface area contributed by atoms with E-state index < -0.39 is 5.97 Å². The van der Waals surface area contributed by atoms with Crippen LogP contribution >= 0.6 is 0 Å². The lowest BCUT2D eigenvalue weighted by Gasteiger charge is -2.17. The molecule has 0 aliphatic rings. The van der Waals surface area contributed by atoms with E-state index in [-0.39, 0.29) is 18.2 Å². The van der Waals surface area contributed by atoms with Crippen LogP contribution in [-0.4, -0.2) is 38.8 Å². The first-order chi connectivity index (χ1) is 12.6. The van der Waals surface area contributed by atoms with Crippen LogP contribution < -0.4 is 10.6 Å². The van der Waals surface area contributed by atoms with Crippen LogP contribution in [0.5, 0.6) is 0 Å². The highest BCUT2D eigenvalue weighted by Crippen LogP contribution is 2.24. The predicted molar refractivity (Wildman–Crippen MR) is 101 cm³/mol. The van der Waals surface area contributed by atoms with Crippen molar-refractivity contribution in [2.45, 2.75) is 19.4 Å². The summed E-state index contributed by atoms with van der Waals surface area (Å²) < 4.78 is 0. The van der Waals surface area contributed by atoms with Crippen LogP contribution in [0.15, 0.2) is 48.5 Å². The Hall–Kier alpha value is -3.19. The number of carboxylic acids is 1. The molecule has 0 spiro atoms. The van der Waals surface area contributed by atoms with Gasteiger partial charge in [0.15, 0.2) is 0 Å². The van der Waals surface area contributed by atoms with Crippen molar-refractivity contribution in [2.24, 2.45) is 0 Å². The second kappa shape index (κ2) is 7.79. The SMILES string of the molecule is CCC(CO)Nc1nc(Nc2ccc(C(=O)O)cc2)nc2ccccc12. The zero-order valence-corrected chi connectivity index (χ0v) is 14.3. The van der Waals surface area contributed by atoms with Crippen molar-refractivity contribution >= 4 is 34.3 Å². The summed E-state index contributed by atoms with van der Waals surface area (Å²) in [6, 6.07) is 13.9. The summed E-state index contributed by atoms with van der Waals surface area (Å²) in [7, 11) is 0. The molecule has 0 amide bonds. The first kappa shape index (κ1) is 17.6. The van der Waals surface area contributed by atoms with E-state index in [4.69, 9.17) is 5.11 Å². The number of nitrogens with zero attached hydrogens (tertiary/aromatic N) is 2. The number of aromatic carboxylic acids is 1. The third-order valence-electron chi connectivity index (χ3n) is 4.05. The maximum Gasteiger partial charge on any atom is 0.335 e. The van der Waals surface area contributed by atoms with E-state index in [1.165, 1.54) is 12.1 Å². The number of carboxylic acid groups (broad SMARTS) is 1. The molecule has 0 aliphatic heterocycles. The van der Waals surface area contributed by atoms with E-state index in [2.05, 4.69) is 20.6 Å². The molecule has 26 heavy (non-hydrogen) atoms. The van der Waals surface area contributed by atoms with Crippen LogP contribution in [0, 0.1) is 0 Å². The Bertz CT molecular complexity index is 908. The molecule has 3 aromatic rings. The molecule has 2 aromatic carbocycles. The Morgan fingerprint density at radius 3 is 2.50 bits per heavy atom. The molecule has 0 radical (unpaired) electrons. The number of aliphatic hydroxyl groups excluding tert-OH is 1. The Balaban J connectivity index is 1.94. The maximum absolute atomic E-state index is 10.9. The van der Waals surface area contributed by atoms with Crippen molar-refractivity contribution < 1.29 is 15.0 Å². The van der Waals surface area contributed by atoms with Gasteiger partial charge in [0.1, 0.15) is 5.82 Å². The molecule has 0 fully saturated rings. The van der Waals surface area contributed by atoms with E-state index in [1.54, 1.807) is 12.1 Å². The molecule has 7 heteroatoms. The fourth-order valence-corrected chi connectivity index (χ4v) is 2.54. The highest BCUT2D eigenvalue weighted by Gasteiger charge is 2.12. The van der Waals surface area contributed by atoms with E-state index in [9.17, 15) is 9.90 Å². The van der Waals surface area contributed by atoms with E-state index >= 15 is 0 Å². The summed E-state index contributed by atoms with van der Waals surface area (Å²) in [5.74, 6) is 0.0582. The smallest absolute Gasteiger partial charge is 0.335 e. The van der Waals surface area contributed by atoms with Crippen molar-refractivity contribution in [3.05, 3.63) is 54.1 Å². The first-order valence-corrected chi connectivity index (χ1v) is 8.35. The van der Waals surface area contributed by atoms with Crippen molar-refractivity contribution in [1.29, 1.82) is 0 Å². The minimum Gasteiger partial charge on any atom is -0.478 e. The fraction of sp³-hybridized carbons (Fsp3) is 0.211. The third kappa shape index (κ3) is 3.89. The van der Waals surface area contributed by atoms with Gasteiger partial charge in [-0.1, -0.05) is 19.1 Å². The van der Waals surface area contributed by atoms with Crippen molar-refractivity contribution in [3.63, 3.8) is 0 Å². The summed E-state index contributed by atoms with van der Waals surface area (Å²) in [5, 5.41) is 25.7. The highest BCUT2D eigenvalue weighted by molar-refractivity contribution is 5.90. The number of rotatable bonds is 7. The van der Waals surface area contributed by atoms with Crippen LogP contribution in [0.25, 0.3) is 10.9 Å². The predicted octanol–water partition coefficient (Wildman–Crippen LogP) is 3.25. The first-order valence-electron chi connectivity index (χ1n) is 8.35. The number of hydrogen-bond acceptors (Lipinski definition) is 6. The van der Waals surface area contributed by atoms with Gasteiger partial charge in [0.25, 0.3) is 0 Å². The van der Waals surface area contributed by atoms with Gasteiger partial charge in [-0.15, -0.1) is 0 Å². The minimum absolute atomic E-state index is 0.00818. The Labute approximate surface area is 150 Å². The van der Waals surface area contributed by atoms with Gasteiger partial charge < -0.3 is 20.8 Å². The number of benzene rings is 2. The second-order valence-electron chi connectivity index (χ2n) is 5.85. The number of fused-ring (bicyclic) bond motifs is 1. The minimum atomic E-state index is -0.973. The lowest BCUT2D eigenvalue weighted by molar-refractivity contribution is 0.0697. The normalized spacial score (nSPS) is 11.9. The Morgan fingerprint density at radius 2 is 1.85 bits per heavy atom. The molecular weight excluding hydrogens is 332 g/mol. The average Bonchev–Trinajstić information content (AvgIpc) is 2.66. The molecule has 7 nitrogen and oxygen atoms in total. The molecule has 0 aliphatic carbocycles. The second-order valence-corrected chi connectivity index (χ2v) is 5.85. The van der Waals surface area contributed by atoms with Gasteiger partial charge in [0.2, 0.25) is 5.95 Å². The monoisotopic (exact) mass is 352 g/mol. The summed E-state index contributed by atoms with van der Waals surface area (Å²) >= 11 is 0. The van der Waals surface area contributed by atoms with Gasteiger partial charge >= 0.3 is 5.97 Å². The molecule has 1 atom stereocenters. The quantitative estimate of drug-likeness (QED) is 0.517. The molecular formula is C19H20N4O3. The highest BCUT2D eigenvalue weighted by atomic mass is 16.4. The summed E-state index contributed by atoms with van der Waals surface area (Å²) in [6.07, 6.45) is 0.758. The maximum atomic E-state index is 10.9. The molecule has 0 saturated carbocycles. The lowest BCUT2D eigenvalue weighted by atomic mass is 10.2. The van der Waals surface area contributed by atoms with E-state index in [1.807, 2.05) is 31.2 Å². The fourth-order valence-electron chi connectivity index (χ4n) is 2.54. The van der Waals surface area contributed by atoms with Crippen molar-refractivity contribution in [3.8, 4) is 0 Å². The number of aliphatic hydroxyl groups is 1. The largest absolute Gasteiger partial charge is 0.478 e. The Morgan fingerprint density at radius 1 is 1.12 bits per heavy atom.